The quantitative estimate of drug-likeness (QED) is 0.708. The Kier molecular flexibility index (Phi) is 4.77. The Labute approximate surface area is 82.6 Å². The highest BCUT2D eigenvalue weighted by atomic mass is 35.5. The van der Waals surface area contributed by atoms with E-state index in [-0.39, 0.29) is 5.78 Å². The zero-order chi connectivity index (χ0) is 10.5. The summed E-state index contributed by atoms with van der Waals surface area (Å²) in [5, 5.41) is 2.40. The lowest BCUT2D eigenvalue weighted by atomic mass is 10.1. The second-order valence-corrected chi connectivity index (χ2v) is 3.45. The van der Waals surface area contributed by atoms with Crippen LogP contribution < -0.4 is 5.32 Å². The van der Waals surface area contributed by atoms with Crippen molar-refractivity contribution in [3.8, 4) is 0 Å². The van der Waals surface area contributed by atoms with Gasteiger partial charge in [-0.3, -0.25) is 4.79 Å². The molecular weight excluding hydrogens is 194 g/mol. The van der Waals surface area contributed by atoms with Crippen LogP contribution in [0, 0.1) is 0 Å². The third-order valence-electron chi connectivity index (χ3n) is 1.56. The van der Waals surface area contributed by atoms with Gasteiger partial charge in [0.2, 0.25) is 0 Å². The van der Waals surface area contributed by atoms with Gasteiger partial charge in [-0.2, -0.15) is 0 Å². The van der Waals surface area contributed by atoms with Crippen molar-refractivity contribution in [3.63, 3.8) is 0 Å². The Morgan fingerprint density at radius 2 is 2.00 bits per heavy atom. The van der Waals surface area contributed by atoms with Gasteiger partial charge in [-0.25, -0.2) is 4.79 Å². The third-order valence-corrected chi connectivity index (χ3v) is 1.75. The highest BCUT2D eigenvalue weighted by Gasteiger charge is 2.27. The van der Waals surface area contributed by atoms with E-state index in [0.29, 0.717) is 12.4 Å². The Bertz CT molecular complexity index is 204. The van der Waals surface area contributed by atoms with E-state index in [0.717, 1.165) is 0 Å². The largest absolute Gasteiger partial charge is 0.436 e. The smallest absolute Gasteiger partial charge is 0.408 e. The van der Waals surface area contributed by atoms with Crippen molar-refractivity contribution in [1.29, 1.82) is 0 Å². The van der Waals surface area contributed by atoms with E-state index in [9.17, 15) is 9.59 Å². The van der Waals surface area contributed by atoms with Crippen LogP contribution in [-0.2, 0) is 9.53 Å². The van der Waals surface area contributed by atoms with Crippen molar-refractivity contribution >= 4 is 23.5 Å². The summed E-state index contributed by atoms with van der Waals surface area (Å²) in [4.78, 5) is 21.9. The van der Waals surface area contributed by atoms with Crippen LogP contribution in [-0.4, -0.2) is 29.9 Å². The maximum atomic E-state index is 11.0. The number of amides is 1. The fourth-order valence-electron chi connectivity index (χ4n) is 0.489. The van der Waals surface area contributed by atoms with E-state index in [4.69, 9.17) is 16.3 Å². The lowest BCUT2D eigenvalue weighted by Gasteiger charge is -2.21. The molecule has 0 aliphatic rings. The van der Waals surface area contributed by atoms with Gasteiger partial charge in [-0.05, 0) is 20.8 Å². The molecule has 0 unspecified atom stereocenters. The number of nitrogens with one attached hydrogen (secondary N) is 1. The number of alkyl halides is 1. The van der Waals surface area contributed by atoms with Crippen molar-refractivity contribution in [1.82, 2.24) is 5.32 Å². The molecule has 0 rings (SSSR count). The summed E-state index contributed by atoms with van der Waals surface area (Å²) in [5.74, 6) is 0.115. The first-order chi connectivity index (χ1) is 5.90. The maximum absolute atomic E-state index is 11.0. The monoisotopic (exact) mass is 207 g/mol. The number of ketones is 1. The number of rotatable bonds is 4. The molecule has 13 heavy (non-hydrogen) atoms. The van der Waals surface area contributed by atoms with Gasteiger partial charge in [0, 0.05) is 12.4 Å². The van der Waals surface area contributed by atoms with E-state index < -0.39 is 11.7 Å². The van der Waals surface area contributed by atoms with Crippen molar-refractivity contribution in [2.45, 2.75) is 26.4 Å². The third kappa shape index (κ3) is 4.72. The van der Waals surface area contributed by atoms with Gasteiger partial charge in [-0.1, -0.05) is 0 Å². The molecule has 76 valence electrons. The molecule has 0 aliphatic carbocycles. The van der Waals surface area contributed by atoms with Crippen LogP contribution in [0.5, 0.6) is 0 Å². The van der Waals surface area contributed by atoms with Crippen molar-refractivity contribution < 1.29 is 14.3 Å². The summed E-state index contributed by atoms with van der Waals surface area (Å²) in [7, 11) is 0. The average molecular weight is 208 g/mol. The molecular formula is C8H14ClNO3. The van der Waals surface area contributed by atoms with Crippen molar-refractivity contribution in [2.24, 2.45) is 0 Å². The van der Waals surface area contributed by atoms with Gasteiger partial charge in [0.15, 0.2) is 11.4 Å². The summed E-state index contributed by atoms with van der Waals surface area (Å²) < 4.78 is 4.84. The summed E-state index contributed by atoms with van der Waals surface area (Å²) in [6.45, 7) is 4.77. The predicted molar refractivity (Wildman–Crippen MR) is 50.0 cm³/mol. The topological polar surface area (TPSA) is 55.4 Å². The summed E-state index contributed by atoms with van der Waals surface area (Å²) >= 11 is 5.34. The van der Waals surface area contributed by atoms with Crippen LogP contribution in [0.25, 0.3) is 0 Å². The molecule has 0 spiro atoms. The van der Waals surface area contributed by atoms with E-state index in [1.807, 2.05) is 0 Å². The Hall–Kier alpha value is -0.770. The fourth-order valence-corrected chi connectivity index (χ4v) is 0.583. The molecule has 5 heteroatoms. The van der Waals surface area contributed by atoms with Gasteiger partial charge in [-0.15, -0.1) is 11.6 Å². The van der Waals surface area contributed by atoms with E-state index >= 15 is 0 Å². The number of carbonyl (C=O) groups is 2. The molecule has 0 saturated carbocycles. The van der Waals surface area contributed by atoms with E-state index in [1.54, 1.807) is 0 Å². The van der Waals surface area contributed by atoms with Crippen molar-refractivity contribution in [3.05, 3.63) is 0 Å². The predicted octanol–water partition coefficient (Wildman–Crippen LogP) is 1.32. The van der Waals surface area contributed by atoms with Gasteiger partial charge in [0.1, 0.15) is 0 Å². The number of ether oxygens (including phenoxy) is 1. The molecule has 0 aromatic rings. The van der Waals surface area contributed by atoms with E-state index in [2.05, 4.69) is 5.32 Å². The number of carbonyl (C=O) groups excluding carboxylic acids is 2. The standard InChI is InChI=1S/C8H14ClNO3/c1-6(11)8(2,3)13-7(12)10-5-4-9/h4-5H2,1-3H3,(H,10,12). The lowest BCUT2D eigenvalue weighted by Crippen LogP contribution is -2.40. The molecule has 0 saturated heterocycles. The molecule has 0 heterocycles. The second kappa shape index (κ2) is 5.07. The van der Waals surface area contributed by atoms with Crippen LogP contribution in [0.15, 0.2) is 0 Å². The van der Waals surface area contributed by atoms with Gasteiger partial charge < -0.3 is 10.1 Å². The number of Topliss-reactive ketones (excluding diaryl/α,β-unsaturated/α-hetero) is 1. The maximum Gasteiger partial charge on any atom is 0.408 e. The molecule has 1 amide bonds. The van der Waals surface area contributed by atoms with Crippen LogP contribution in [0.1, 0.15) is 20.8 Å². The molecule has 4 nitrogen and oxygen atoms in total. The SMILES string of the molecule is CC(=O)C(C)(C)OC(=O)NCCCl. The Morgan fingerprint density at radius 3 is 2.38 bits per heavy atom. The van der Waals surface area contributed by atoms with Gasteiger partial charge >= 0.3 is 6.09 Å². The van der Waals surface area contributed by atoms with Gasteiger partial charge in [0.25, 0.3) is 0 Å². The normalized spacial score (nSPS) is 10.8. The molecule has 1 N–H and O–H groups in total. The lowest BCUT2D eigenvalue weighted by molar-refractivity contribution is -0.132. The molecule has 0 aromatic carbocycles. The number of halogens is 1. The zero-order valence-corrected chi connectivity index (χ0v) is 8.77. The van der Waals surface area contributed by atoms with Crippen LogP contribution in [0.4, 0.5) is 4.79 Å². The second-order valence-electron chi connectivity index (χ2n) is 3.07. The molecule has 0 atom stereocenters. The summed E-state index contributed by atoms with van der Waals surface area (Å²) in [5.41, 5.74) is -1.07. The molecule has 0 aromatic heterocycles. The highest BCUT2D eigenvalue weighted by molar-refractivity contribution is 6.18. The zero-order valence-electron chi connectivity index (χ0n) is 8.02. The molecule has 0 bridgehead atoms. The molecule has 0 aliphatic heterocycles. The number of hydrogen-bond acceptors (Lipinski definition) is 3. The first-order valence-electron chi connectivity index (χ1n) is 3.94. The molecule has 0 fully saturated rings. The minimum Gasteiger partial charge on any atom is -0.436 e. The first-order valence-corrected chi connectivity index (χ1v) is 4.47. The van der Waals surface area contributed by atoms with Crippen LogP contribution in [0.2, 0.25) is 0 Å². The minimum absolute atomic E-state index is 0.200. The number of alkyl carbamates (subject to hydrolysis) is 1. The summed E-state index contributed by atoms with van der Waals surface area (Å²) in [6.07, 6.45) is -0.624. The minimum atomic E-state index is -1.07. The van der Waals surface area contributed by atoms with Crippen molar-refractivity contribution in [2.75, 3.05) is 12.4 Å². The number of hydrogen-bond donors (Lipinski definition) is 1. The van der Waals surface area contributed by atoms with Gasteiger partial charge in [0.05, 0.1) is 0 Å². The fraction of sp³-hybridized carbons (Fsp3) is 0.750. The highest BCUT2D eigenvalue weighted by Crippen LogP contribution is 2.09. The van der Waals surface area contributed by atoms with Crippen LogP contribution >= 0.6 is 11.6 Å². The summed E-state index contributed by atoms with van der Waals surface area (Å²) in [6, 6.07) is 0. The Balaban J connectivity index is 3.97. The molecule has 0 radical (unpaired) electrons. The first kappa shape index (κ1) is 12.2. The average Bonchev–Trinajstić information content (AvgIpc) is 1.99. The van der Waals surface area contributed by atoms with Crippen LogP contribution in [0.3, 0.4) is 0 Å². The van der Waals surface area contributed by atoms with E-state index in [1.165, 1.54) is 20.8 Å². The Morgan fingerprint density at radius 1 is 1.46 bits per heavy atom.